The first-order valence-electron chi connectivity index (χ1n) is 11.7. The Hall–Kier alpha value is -2.63. The average molecular weight is 419 g/mol. The van der Waals surface area contributed by atoms with Gasteiger partial charge in [-0.05, 0) is 74.7 Å². The van der Waals surface area contributed by atoms with E-state index in [1.807, 2.05) is 28.8 Å². The van der Waals surface area contributed by atoms with Gasteiger partial charge in [-0.3, -0.25) is 9.59 Å². The van der Waals surface area contributed by atoms with Gasteiger partial charge in [0.05, 0.1) is 6.20 Å². The van der Waals surface area contributed by atoms with Gasteiger partial charge in [0.1, 0.15) is 12.1 Å². The Labute approximate surface area is 181 Å². The lowest BCUT2D eigenvalue weighted by Crippen LogP contribution is -2.56. The molecule has 0 aliphatic heterocycles. The molecule has 4 aliphatic carbocycles. The summed E-state index contributed by atoms with van der Waals surface area (Å²) in [5.41, 5.74) is 1.55. The van der Waals surface area contributed by atoms with Crippen molar-refractivity contribution >= 4 is 27.7 Å². The number of carbonyl (C=O) groups excluding carboxylic acids is 1. The SMILES string of the molecule is C[C@H](NC(=O)Cn1c2ccccc2c2cnn(C)c(=O)c21)C12CC3CC(CC(C3)C1)C2. The third-order valence-electron chi connectivity index (χ3n) is 8.55. The van der Waals surface area contributed by atoms with Gasteiger partial charge in [-0.15, -0.1) is 0 Å². The molecule has 4 fully saturated rings. The number of benzene rings is 1. The van der Waals surface area contributed by atoms with Crippen molar-refractivity contribution in [2.24, 2.45) is 30.2 Å². The molecule has 1 amide bonds. The van der Waals surface area contributed by atoms with E-state index in [0.29, 0.717) is 5.52 Å². The Morgan fingerprint density at radius 1 is 1.13 bits per heavy atom. The Kier molecular flexibility index (Phi) is 4.11. The molecule has 4 saturated carbocycles. The highest BCUT2D eigenvalue weighted by atomic mass is 16.2. The van der Waals surface area contributed by atoms with Crippen LogP contribution >= 0.6 is 0 Å². The molecule has 6 heteroatoms. The first kappa shape index (κ1) is 19.1. The second kappa shape index (κ2) is 6.68. The van der Waals surface area contributed by atoms with Gasteiger partial charge in [-0.2, -0.15) is 5.10 Å². The second-order valence-corrected chi connectivity index (χ2v) is 10.5. The maximum atomic E-state index is 13.2. The first-order valence-corrected chi connectivity index (χ1v) is 11.7. The molecule has 4 bridgehead atoms. The van der Waals surface area contributed by atoms with Crippen LogP contribution in [0.5, 0.6) is 0 Å². The number of rotatable bonds is 4. The summed E-state index contributed by atoms with van der Waals surface area (Å²) in [5.74, 6) is 2.57. The van der Waals surface area contributed by atoms with Gasteiger partial charge in [0, 0.05) is 29.4 Å². The van der Waals surface area contributed by atoms with E-state index in [4.69, 9.17) is 0 Å². The summed E-state index contributed by atoms with van der Waals surface area (Å²) in [6.45, 7) is 2.36. The van der Waals surface area contributed by atoms with E-state index in [1.165, 1.54) is 43.2 Å². The van der Waals surface area contributed by atoms with Crippen LogP contribution in [0.1, 0.15) is 45.4 Å². The highest BCUT2D eigenvalue weighted by Crippen LogP contribution is 2.61. The maximum Gasteiger partial charge on any atom is 0.291 e. The quantitative estimate of drug-likeness (QED) is 0.704. The number of hydrogen-bond acceptors (Lipinski definition) is 3. The van der Waals surface area contributed by atoms with Gasteiger partial charge in [0.25, 0.3) is 5.56 Å². The molecule has 2 aromatic heterocycles. The zero-order chi connectivity index (χ0) is 21.3. The molecule has 1 atom stereocenters. The fourth-order valence-electron chi connectivity index (χ4n) is 7.50. The van der Waals surface area contributed by atoms with Crippen LogP contribution in [0.3, 0.4) is 0 Å². The number of aryl methyl sites for hydroxylation is 1. The van der Waals surface area contributed by atoms with Crippen molar-refractivity contribution in [3.8, 4) is 0 Å². The van der Waals surface area contributed by atoms with E-state index in [2.05, 4.69) is 17.3 Å². The van der Waals surface area contributed by atoms with E-state index in [0.717, 1.165) is 34.0 Å². The molecule has 1 N–H and O–H groups in total. The molecule has 2 heterocycles. The first-order chi connectivity index (χ1) is 14.9. The van der Waals surface area contributed by atoms with Crippen LogP contribution in [0.25, 0.3) is 21.8 Å². The lowest BCUT2D eigenvalue weighted by atomic mass is 9.48. The van der Waals surface area contributed by atoms with Crippen LogP contribution < -0.4 is 10.9 Å². The molecule has 6 nitrogen and oxygen atoms in total. The highest BCUT2D eigenvalue weighted by Gasteiger charge is 2.53. The third kappa shape index (κ3) is 2.87. The Morgan fingerprint density at radius 2 is 1.77 bits per heavy atom. The van der Waals surface area contributed by atoms with Crippen molar-refractivity contribution in [2.75, 3.05) is 0 Å². The standard InChI is InChI=1S/C25H30N4O2/c1-15(25-10-16-7-17(11-25)9-18(8-16)12-25)27-22(30)14-29-21-6-4-3-5-19(21)20-13-26-28(2)24(31)23(20)29/h3-6,13,15-18H,7-12,14H2,1-2H3,(H,27,30)/t15-,16?,17?,18?,25?/m0/s1. The molecular formula is C25H30N4O2. The molecule has 3 aromatic rings. The van der Waals surface area contributed by atoms with Gasteiger partial charge in [0.15, 0.2) is 0 Å². The minimum atomic E-state index is -0.171. The van der Waals surface area contributed by atoms with Gasteiger partial charge in [0.2, 0.25) is 5.91 Å². The molecule has 1 aromatic carbocycles. The molecule has 0 unspecified atom stereocenters. The van der Waals surface area contributed by atoms with Gasteiger partial charge < -0.3 is 9.88 Å². The molecular weight excluding hydrogens is 388 g/mol. The lowest BCUT2D eigenvalue weighted by molar-refractivity contribution is -0.126. The van der Waals surface area contributed by atoms with Crippen molar-refractivity contribution in [2.45, 2.75) is 58.0 Å². The number of amides is 1. The smallest absolute Gasteiger partial charge is 0.291 e. The normalized spacial score (nSPS) is 30.2. The number of nitrogens with one attached hydrogen (secondary N) is 1. The fraction of sp³-hybridized carbons (Fsp3) is 0.560. The predicted molar refractivity (Wildman–Crippen MR) is 121 cm³/mol. The van der Waals surface area contributed by atoms with Gasteiger partial charge in [-0.1, -0.05) is 18.2 Å². The summed E-state index contributed by atoms with van der Waals surface area (Å²) in [6.07, 6.45) is 9.73. The van der Waals surface area contributed by atoms with Crippen LogP contribution in [0.2, 0.25) is 0 Å². The van der Waals surface area contributed by atoms with E-state index in [1.54, 1.807) is 13.2 Å². The molecule has 7 rings (SSSR count). The van der Waals surface area contributed by atoms with Crippen LogP contribution in [0.15, 0.2) is 35.3 Å². The van der Waals surface area contributed by atoms with Crippen LogP contribution in [-0.4, -0.2) is 26.3 Å². The van der Waals surface area contributed by atoms with E-state index < -0.39 is 0 Å². The van der Waals surface area contributed by atoms with Crippen LogP contribution in [-0.2, 0) is 18.4 Å². The summed E-state index contributed by atoms with van der Waals surface area (Å²) < 4.78 is 3.21. The van der Waals surface area contributed by atoms with Crippen molar-refractivity contribution in [1.82, 2.24) is 19.7 Å². The molecule has 4 aliphatic rings. The summed E-state index contributed by atoms with van der Waals surface area (Å²) in [4.78, 5) is 26.1. The van der Waals surface area contributed by atoms with Crippen molar-refractivity contribution in [1.29, 1.82) is 0 Å². The molecule has 0 saturated heterocycles. The van der Waals surface area contributed by atoms with Gasteiger partial charge in [-0.25, -0.2) is 4.68 Å². The number of aromatic nitrogens is 3. The van der Waals surface area contributed by atoms with E-state index in [9.17, 15) is 9.59 Å². The Bertz CT molecular complexity index is 1220. The van der Waals surface area contributed by atoms with Gasteiger partial charge >= 0.3 is 0 Å². The molecule has 162 valence electrons. The number of fused-ring (bicyclic) bond motifs is 3. The zero-order valence-electron chi connectivity index (χ0n) is 18.3. The number of para-hydroxylation sites is 1. The zero-order valence-corrected chi connectivity index (χ0v) is 18.3. The molecule has 31 heavy (non-hydrogen) atoms. The fourth-order valence-corrected chi connectivity index (χ4v) is 7.50. The highest BCUT2D eigenvalue weighted by molar-refractivity contribution is 6.07. The minimum Gasteiger partial charge on any atom is -0.352 e. The molecule has 0 spiro atoms. The Morgan fingerprint density at radius 3 is 2.45 bits per heavy atom. The number of carbonyl (C=O) groups is 1. The largest absolute Gasteiger partial charge is 0.352 e. The summed E-state index contributed by atoms with van der Waals surface area (Å²) >= 11 is 0. The van der Waals surface area contributed by atoms with Crippen molar-refractivity contribution in [3.05, 3.63) is 40.8 Å². The number of nitrogens with zero attached hydrogens (tertiary/aromatic N) is 3. The van der Waals surface area contributed by atoms with Crippen LogP contribution in [0.4, 0.5) is 0 Å². The van der Waals surface area contributed by atoms with Crippen molar-refractivity contribution < 1.29 is 4.79 Å². The molecule has 0 radical (unpaired) electrons. The third-order valence-corrected chi connectivity index (χ3v) is 8.55. The summed E-state index contributed by atoms with van der Waals surface area (Å²) in [5, 5.41) is 9.32. The summed E-state index contributed by atoms with van der Waals surface area (Å²) in [6, 6.07) is 8.05. The average Bonchev–Trinajstić information content (AvgIpc) is 3.04. The van der Waals surface area contributed by atoms with E-state index >= 15 is 0 Å². The lowest BCUT2D eigenvalue weighted by Gasteiger charge is -2.59. The topological polar surface area (TPSA) is 68.9 Å². The minimum absolute atomic E-state index is 0.00948. The number of hydrogen-bond donors (Lipinski definition) is 1. The van der Waals surface area contributed by atoms with Crippen molar-refractivity contribution in [3.63, 3.8) is 0 Å². The Balaban J connectivity index is 1.31. The summed E-state index contributed by atoms with van der Waals surface area (Å²) in [7, 11) is 1.65. The van der Waals surface area contributed by atoms with Crippen LogP contribution in [0, 0.1) is 23.2 Å². The monoisotopic (exact) mass is 418 g/mol. The maximum absolute atomic E-state index is 13.2. The second-order valence-electron chi connectivity index (χ2n) is 10.5. The predicted octanol–water partition coefficient (Wildman–Crippen LogP) is 3.61. The van der Waals surface area contributed by atoms with E-state index in [-0.39, 0.29) is 29.5 Å².